The summed E-state index contributed by atoms with van der Waals surface area (Å²) in [5.41, 5.74) is 2.00. The Morgan fingerprint density at radius 2 is 1.73 bits per heavy atom. The number of nitrogens with one attached hydrogen (secondary N) is 1. The van der Waals surface area contributed by atoms with Crippen LogP contribution in [0.3, 0.4) is 0 Å². The van der Waals surface area contributed by atoms with Crippen molar-refractivity contribution in [2.75, 3.05) is 24.7 Å². The van der Waals surface area contributed by atoms with E-state index >= 15 is 0 Å². The molecule has 2 aromatic rings. The second-order valence-corrected chi connectivity index (χ2v) is 9.51. The van der Waals surface area contributed by atoms with Crippen LogP contribution in [0.1, 0.15) is 35.1 Å². The summed E-state index contributed by atoms with van der Waals surface area (Å²) >= 11 is 3.89. The van der Waals surface area contributed by atoms with Crippen LogP contribution in [-0.4, -0.2) is 36.6 Å². The van der Waals surface area contributed by atoms with Gasteiger partial charge in [0.2, 0.25) is 0 Å². The lowest BCUT2D eigenvalue weighted by atomic mass is 10.1. The first kappa shape index (κ1) is 22.5. The summed E-state index contributed by atoms with van der Waals surface area (Å²) in [5, 5.41) is 2.70. The number of benzene rings is 2. The van der Waals surface area contributed by atoms with Gasteiger partial charge in [0.05, 0.1) is 10.6 Å². The van der Waals surface area contributed by atoms with E-state index in [-0.39, 0.29) is 18.5 Å². The maximum Gasteiger partial charge on any atom is 0.344 e. The van der Waals surface area contributed by atoms with Crippen LogP contribution in [0.15, 0.2) is 48.5 Å². The Morgan fingerprint density at radius 1 is 1.07 bits per heavy atom. The monoisotopic (exact) mass is 449 g/mol. The maximum atomic E-state index is 13.0. The van der Waals surface area contributed by atoms with Gasteiger partial charge in [-0.2, -0.15) is 0 Å². The number of hydrogen-bond acceptors (Lipinski definition) is 6. The standard InChI is InChI=1S/C22H24FNO4S2/c1-15(16-3-7-18(23)8-4-16)24-20(25)13-28-21(26)14-27-19-9-5-17(6-10-19)22-29-11-2-12-30-22/h3-10,15,22H,2,11-14H2,1H3,(H,24,25)/t15-/m0/s1. The van der Waals surface area contributed by atoms with Crippen molar-refractivity contribution in [1.29, 1.82) is 0 Å². The molecule has 1 fully saturated rings. The molecule has 0 aromatic heterocycles. The van der Waals surface area contributed by atoms with Crippen LogP contribution in [0.4, 0.5) is 4.39 Å². The summed E-state index contributed by atoms with van der Waals surface area (Å²) in [5.74, 6) is 1.54. The topological polar surface area (TPSA) is 64.6 Å². The number of esters is 1. The van der Waals surface area contributed by atoms with Gasteiger partial charge in [0.25, 0.3) is 5.91 Å². The van der Waals surface area contributed by atoms with Crippen LogP contribution < -0.4 is 10.1 Å². The minimum atomic E-state index is -0.623. The maximum absolute atomic E-state index is 13.0. The Bertz CT molecular complexity index is 839. The van der Waals surface area contributed by atoms with Crippen LogP contribution in [-0.2, 0) is 14.3 Å². The Labute approximate surface area is 184 Å². The van der Waals surface area contributed by atoms with Gasteiger partial charge in [0.1, 0.15) is 11.6 Å². The lowest BCUT2D eigenvalue weighted by Gasteiger charge is -2.21. The van der Waals surface area contributed by atoms with E-state index in [1.165, 1.54) is 35.6 Å². The lowest BCUT2D eigenvalue weighted by molar-refractivity contribution is -0.150. The molecule has 5 nitrogen and oxygen atoms in total. The second-order valence-electron chi connectivity index (χ2n) is 6.79. The smallest absolute Gasteiger partial charge is 0.344 e. The second kappa shape index (κ2) is 11.3. The van der Waals surface area contributed by atoms with Crippen molar-refractivity contribution in [3.63, 3.8) is 0 Å². The van der Waals surface area contributed by atoms with E-state index in [2.05, 4.69) is 5.32 Å². The van der Waals surface area contributed by atoms with Gasteiger partial charge in [-0.3, -0.25) is 4.79 Å². The average molecular weight is 450 g/mol. The van der Waals surface area contributed by atoms with Crippen molar-refractivity contribution < 1.29 is 23.5 Å². The molecule has 1 N–H and O–H groups in total. The number of carbonyl (C=O) groups is 2. The molecule has 0 unspecified atom stereocenters. The Balaban J connectivity index is 1.37. The number of carbonyl (C=O) groups excluding carboxylic acids is 2. The summed E-state index contributed by atoms with van der Waals surface area (Å²) < 4.78 is 23.8. The molecule has 1 aliphatic rings. The average Bonchev–Trinajstić information content (AvgIpc) is 2.77. The molecule has 1 atom stereocenters. The van der Waals surface area contributed by atoms with Crippen LogP contribution in [0.5, 0.6) is 5.75 Å². The van der Waals surface area contributed by atoms with Crippen molar-refractivity contribution in [3.05, 3.63) is 65.5 Å². The van der Waals surface area contributed by atoms with Crippen molar-refractivity contribution in [2.24, 2.45) is 0 Å². The minimum absolute atomic E-state index is 0.271. The van der Waals surface area contributed by atoms with Gasteiger partial charge < -0.3 is 14.8 Å². The van der Waals surface area contributed by atoms with Gasteiger partial charge in [-0.15, -0.1) is 23.5 Å². The third-order valence-corrected chi connectivity index (χ3v) is 7.46. The third kappa shape index (κ3) is 6.95. The Hall–Kier alpha value is -2.19. The van der Waals surface area contributed by atoms with Gasteiger partial charge >= 0.3 is 5.97 Å². The zero-order valence-corrected chi connectivity index (χ0v) is 18.3. The number of amides is 1. The van der Waals surface area contributed by atoms with E-state index in [0.29, 0.717) is 10.3 Å². The summed E-state index contributed by atoms with van der Waals surface area (Å²) in [4.78, 5) is 23.8. The van der Waals surface area contributed by atoms with Crippen LogP contribution >= 0.6 is 23.5 Å². The van der Waals surface area contributed by atoms with Crippen molar-refractivity contribution in [2.45, 2.75) is 24.0 Å². The lowest BCUT2D eigenvalue weighted by Crippen LogP contribution is -2.31. The summed E-state index contributed by atoms with van der Waals surface area (Å²) in [6.45, 7) is 1.10. The van der Waals surface area contributed by atoms with E-state index in [0.717, 1.165) is 5.56 Å². The molecule has 1 heterocycles. The van der Waals surface area contributed by atoms with Gasteiger partial charge in [-0.05, 0) is 60.2 Å². The van der Waals surface area contributed by atoms with Gasteiger partial charge in [-0.25, -0.2) is 9.18 Å². The molecule has 1 amide bonds. The summed E-state index contributed by atoms with van der Waals surface area (Å²) in [7, 11) is 0. The molecule has 0 saturated carbocycles. The highest BCUT2D eigenvalue weighted by molar-refractivity contribution is 8.16. The highest BCUT2D eigenvalue weighted by Gasteiger charge is 2.17. The highest BCUT2D eigenvalue weighted by Crippen LogP contribution is 2.43. The first-order chi connectivity index (χ1) is 14.5. The molecule has 2 aromatic carbocycles. The van der Waals surface area contributed by atoms with Gasteiger partial charge in [-0.1, -0.05) is 24.3 Å². The molecule has 0 aliphatic carbocycles. The molecule has 0 spiro atoms. The van der Waals surface area contributed by atoms with E-state index in [1.54, 1.807) is 19.1 Å². The van der Waals surface area contributed by atoms with E-state index in [4.69, 9.17) is 9.47 Å². The highest BCUT2D eigenvalue weighted by atomic mass is 32.2. The Kier molecular flexibility index (Phi) is 8.45. The summed E-state index contributed by atoms with van der Waals surface area (Å²) in [6.07, 6.45) is 1.25. The van der Waals surface area contributed by atoms with Gasteiger partial charge in [0, 0.05) is 0 Å². The normalized spacial score (nSPS) is 15.3. The Morgan fingerprint density at radius 3 is 2.40 bits per heavy atom. The van der Waals surface area contributed by atoms with E-state index in [9.17, 15) is 14.0 Å². The fourth-order valence-corrected chi connectivity index (χ4v) is 5.74. The number of thioether (sulfide) groups is 2. The molecular formula is C22H24FNO4S2. The summed E-state index contributed by atoms with van der Waals surface area (Å²) in [6, 6.07) is 13.2. The van der Waals surface area contributed by atoms with E-state index in [1.807, 2.05) is 47.8 Å². The molecule has 3 rings (SSSR count). The quantitative estimate of drug-likeness (QED) is 0.599. The first-order valence-corrected chi connectivity index (χ1v) is 11.8. The molecule has 1 saturated heterocycles. The van der Waals surface area contributed by atoms with Crippen LogP contribution in [0, 0.1) is 5.82 Å². The predicted molar refractivity (Wildman–Crippen MR) is 118 cm³/mol. The van der Waals surface area contributed by atoms with Crippen molar-refractivity contribution in [1.82, 2.24) is 5.32 Å². The fraction of sp³-hybridized carbons (Fsp3) is 0.364. The SMILES string of the molecule is C[C@H](NC(=O)COC(=O)COc1ccc(C2SCCCS2)cc1)c1ccc(F)cc1. The number of halogens is 1. The first-order valence-electron chi connectivity index (χ1n) is 9.67. The largest absolute Gasteiger partial charge is 0.482 e. The zero-order valence-electron chi connectivity index (χ0n) is 16.6. The molecule has 30 heavy (non-hydrogen) atoms. The number of hydrogen-bond donors (Lipinski definition) is 1. The zero-order chi connectivity index (χ0) is 21.3. The van der Waals surface area contributed by atoms with Crippen LogP contribution in [0.2, 0.25) is 0 Å². The molecule has 8 heteroatoms. The number of ether oxygens (including phenoxy) is 2. The molecular weight excluding hydrogens is 425 g/mol. The molecule has 1 aliphatic heterocycles. The van der Waals surface area contributed by atoms with Crippen molar-refractivity contribution in [3.8, 4) is 5.75 Å². The predicted octanol–water partition coefficient (Wildman–Crippen LogP) is 4.49. The van der Waals surface area contributed by atoms with Crippen molar-refractivity contribution >= 4 is 35.4 Å². The molecule has 0 radical (unpaired) electrons. The van der Waals surface area contributed by atoms with E-state index < -0.39 is 18.5 Å². The fourth-order valence-electron chi connectivity index (χ4n) is 2.85. The van der Waals surface area contributed by atoms with Crippen LogP contribution in [0.25, 0.3) is 0 Å². The molecule has 160 valence electrons. The third-order valence-electron chi connectivity index (χ3n) is 4.45. The minimum Gasteiger partial charge on any atom is -0.482 e. The van der Waals surface area contributed by atoms with Gasteiger partial charge in [0.15, 0.2) is 13.2 Å². The number of rotatable bonds is 8. The molecule has 0 bridgehead atoms.